The molecule has 6 nitrogen and oxygen atoms in total. The third kappa shape index (κ3) is 4.97. The molecule has 2 aliphatic rings. The quantitative estimate of drug-likeness (QED) is 0.729. The van der Waals surface area contributed by atoms with Crippen LogP contribution in [0.2, 0.25) is 0 Å². The van der Waals surface area contributed by atoms with E-state index in [9.17, 15) is 13.6 Å². The van der Waals surface area contributed by atoms with Crippen LogP contribution in [-0.2, 0) is 4.74 Å². The summed E-state index contributed by atoms with van der Waals surface area (Å²) in [6.07, 6.45) is -0.140. The van der Waals surface area contributed by atoms with E-state index < -0.39 is 17.5 Å². The fraction of sp³-hybridized carbons (Fsp3) is 0.435. The molecule has 1 atom stereocenters. The van der Waals surface area contributed by atoms with Gasteiger partial charge in [-0.1, -0.05) is 12.1 Å². The minimum Gasteiger partial charge on any atom is -0.495 e. The van der Waals surface area contributed by atoms with Crippen molar-refractivity contribution in [1.29, 1.82) is 0 Å². The predicted molar refractivity (Wildman–Crippen MR) is 114 cm³/mol. The van der Waals surface area contributed by atoms with Crippen LogP contribution in [0.5, 0.6) is 5.75 Å². The summed E-state index contributed by atoms with van der Waals surface area (Å²) >= 11 is 0. The first-order chi connectivity index (χ1) is 15.0. The molecule has 0 radical (unpaired) electrons. The summed E-state index contributed by atoms with van der Waals surface area (Å²) in [7, 11) is 1.68. The van der Waals surface area contributed by atoms with E-state index in [1.54, 1.807) is 12.0 Å². The van der Waals surface area contributed by atoms with Gasteiger partial charge in [0, 0.05) is 51.9 Å². The normalized spacial score (nSPS) is 20.0. The summed E-state index contributed by atoms with van der Waals surface area (Å²) < 4.78 is 38.5. The maximum atomic E-state index is 14.0. The summed E-state index contributed by atoms with van der Waals surface area (Å²) in [6.45, 7) is 5.38. The Kier molecular flexibility index (Phi) is 6.67. The zero-order chi connectivity index (χ0) is 21.8. The van der Waals surface area contributed by atoms with Gasteiger partial charge in [-0.3, -0.25) is 9.69 Å². The Morgan fingerprint density at radius 3 is 2.61 bits per heavy atom. The van der Waals surface area contributed by atoms with Gasteiger partial charge in [-0.2, -0.15) is 0 Å². The third-order valence-corrected chi connectivity index (χ3v) is 5.85. The van der Waals surface area contributed by atoms with Crippen molar-refractivity contribution in [3.63, 3.8) is 0 Å². The molecule has 2 aromatic carbocycles. The van der Waals surface area contributed by atoms with E-state index in [0.717, 1.165) is 49.7 Å². The summed E-state index contributed by atoms with van der Waals surface area (Å²) in [5.74, 6) is -1.08. The molecule has 8 heteroatoms. The van der Waals surface area contributed by atoms with Crippen LogP contribution in [0.3, 0.4) is 0 Å². The third-order valence-electron chi connectivity index (χ3n) is 5.85. The van der Waals surface area contributed by atoms with Crippen molar-refractivity contribution in [3.8, 4) is 5.75 Å². The van der Waals surface area contributed by atoms with E-state index >= 15 is 0 Å². The molecule has 166 valence electrons. The molecule has 0 bridgehead atoms. The first-order valence-electron chi connectivity index (χ1n) is 10.5. The molecule has 0 N–H and O–H groups in total. The molecule has 0 saturated carbocycles. The van der Waals surface area contributed by atoms with Crippen molar-refractivity contribution in [2.75, 3.05) is 64.4 Å². The maximum Gasteiger partial charge on any atom is 0.257 e. The van der Waals surface area contributed by atoms with Gasteiger partial charge in [0.05, 0.1) is 31.1 Å². The number of ether oxygens (including phenoxy) is 2. The number of morpholine rings is 1. The second kappa shape index (κ2) is 9.62. The zero-order valence-corrected chi connectivity index (χ0v) is 17.6. The predicted octanol–water partition coefficient (Wildman–Crippen LogP) is 2.64. The van der Waals surface area contributed by atoms with E-state index in [4.69, 9.17) is 9.47 Å². The Bertz CT molecular complexity index is 919. The molecule has 1 unspecified atom stereocenters. The number of carbonyl (C=O) groups excluding carboxylic acids is 1. The minimum atomic E-state index is -0.833. The lowest BCUT2D eigenvalue weighted by Crippen LogP contribution is -2.53. The fourth-order valence-corrected chi connectivity index (χ4v) is 4.20. The van der Waals surface area contributed by atoms with Gasteiger partial charge >= 0.3 is 0 Å². The number of methoxy groups -OCH3 is 1. The zero-order valence-electron chi connectivity index (χ0n) is 17.6. The second-order valence-corrected chi connectivity index (χ2v) is 7.83. The Balaban J connectivity index is 1.32. The fourth-order valence-electron chi connectivity index (χ4n) is 4.20. The van der Waals surface area contributed by atoms with Crippen LogP contribution in [0.15, 0.2) is 42.5 Å². The highest BCUT2D eigenvalue weighted by molar-refractivity contribution is 5.94. The maximum absolute atomic E-state index is 14.0. The number of amides is 1. The van der Waals surface area contributed by atoms with E-state index in [1.165, 1.54) is 6.07 Å². The summed E-state index contributed by atoms with van der Waals surface area (Å²) in [5, 5.41) is 0. The van der Waals surface area contributed by atoms with Gasteiger partial charge in [-0.25, -0.2) is 8.78 Å². The number of hydrogen-bond donors (Lipinski definition) is 0. The lowest BCUT2D eigenvalue weighted by molar-refractivity contribution is -0.0364. The Morgan fingerprint density at radius 1 is 1.10 bits per heavy atom. The number of hydrogen-bond acceptors (Lipinski definition) is 5. The molecule has 2 heterocycles. The van der Waals surface area contributed by atoms with Crippen LogP contribution in [0.4, 0.5) is 14.5 Å². The molecule has 0 spiro atoms. The van der Waals surface area contributed by atoms with Crippen molar-refractivity contribution >= 4 is 11.6 Å². The molecule has 2 fully saturated rings. The summed E-state index contributed by atoms with van der Waals surface area (Å²) in [4.78, 5) is 18.9. The van der Waals surface area contributed by atoms with E-state index in [-0.39, 0.29) is 11.7 Å². The molecule has 1 amide bonds. The van der Waals surface area contributed by atoms with Crippen molar-refractivity contribution in [3.05, 3.63) is 59.7 Å². The number of halogens is 2. The molecule has 2 saturated heterocycles. The SMILES string of the molecule is COc1ccccc1N1CCN(CC2CN(C(=O)c3ccc(F)cc3F)CCO2)CC1. The minimum absolute atomic E-state index is 0.104. The number of piperazine rings is 1. The van der Waals surface area contributed by atoms with E-state index in [1.807, 2.05) is 18.2 Å². The van der Waals surface area contributed by atoms with Crippen LogP contribution in [0.25, 0.3) is 0 Å². The second-order valence-electron chi connectivity index (χ2n) is 7.83. The molecule has 31 heavy (non-hydrogen) atoms. The van der Waals surface area contributed by atoms with Gasteiger partial charge in [0.25, 0.3) is 5.91 Å². The van der Waals surface area contributed by atoms with Crippen molar-refractivity contribution in [2.24, 2.45) is 0 Å². The van der Waals surface area contributed by atoms with Crippen LogP contribution in [0, 0.1) is 11.6 Å². The average molecular weight is 431 g/mol. The smallest absolute Gasteiger partial charge is 0.257 e. The van der Waals surface area contributed by atoms with Crippen LogP contribution in [-0.4, -0.2) is 81.3 Å². The Labute approximate surface area is 180 Å². The molecule has 4 rings (SSSR count). The van der Waals surface area contributed by atoms with Gasteiger partial charge in [0.1, 0.15) is 17.4 Å². The molecule has 0 aromatic heterocycles. The Hall–Kier alpha value is -2.71. The highest BCUT2D eigenvalue weighted by atomic mass is 19.1. The Morgan fingerprint density at radius 2 is 1.87 bits per heavy atom. The van der Waals surface area contributed by atoms with Crippen molar-refractivity contribution in [1.82, 2.24) is 9.80 Å². The number of rotatable bonds is 5. The summed E-state index contributed by atoms with van der Waals surface area (Å²) in [5.41, 5.74) is 0.990. The van der Waals surface area contributed by atoms with Gasteiger partial charge < -0.3 is 19.3 Å². The first kappa shape index (κ1) is 21.5. The van der Waals surface area contributed by atoms with E-state index in [0.29, 0.717) is 26.2 Å². The van der Waals surface area contributed by atoms with Crippen LogP contribution < -0.4 is 9.64 Å². The van der Waals surface area contributed by atoms with Crippen LogP contribution in [0.1, 0.15) is 10.4 Å². The van der Waals surface area contributed by atoms with Crippen molar-refractivity contribution in [2.45, 2.75) is 6.10 Å². The molecule has 2 aliphatic heterocycles. The number of para-hydroxylation sites is 2. The number of benzene rings is 2. The topological polar surface area (TPSA) is 45.2 Å². The molecular weight excluding hydrogens is 404 g/mol. The van der Waals surface area contributed by atoms with Crippen LogP contribution >= 0.6 is 0 Å². The number of carbonyl (C=O) groups is 1. The monoisotopic (exact) mass is 431 g/mol. The lowest BCUT2D eigenvalue weighted by Gasteiger charge is -2.40. The molecule has 2 aromatic rings. The number of anilines is 1. The number of nitrogens with zero attached hydrogens (tertiary/aromatic N) is 3. The molecule has 0 aliphatic carbocycles. The average Bonchev–Trinajstić information content (AvgIpc) is 2.79. The first-order valence-corrected chi connectivity index (χ1v) is 10.5. The highest BCUT2D eigenvalue weighted by Crippen LogP contribution is 2.28. The molecular formula is C23H27F2N3O3. The van der Waals surface area contributed by atoms with Crippen molar-refractivity contribution < 1.29 is 23.0 Å². The van der Waals surface area contributed by atoms with Gasteiger partial charge in [-0.05, 0) is 24.3 Å². The lowest BCUT2D eigenvalue weighted by atomic mass is 10.1. The standard InChI is InChI=1S/C23H27F2N3O3/c1-30-22-5-3-2-4-21(22)27-10-8-26(9-11-27)15-18-16-28(12-13-31-18)23(29)19-7-6-17(24)14-20(19)25/h2-7,14,18H,8-13,15-16H2,1H3. The highest BCUT2D eigenvalue weighted by Gasteiger charge is 2.29. The van der Waals surface area contributed by atoms with Gasteiger partial charge in [0.2, 0.25) is 0 Å². The van der Waals surface area contributed by atoms with Gasteiger partial charge in [-0.15, -0.1) is 0 Å². The van der Waals surface area contributed by atoms with Gasteiger partial charge in [0.15, 0.2) is 0 Å². The largest absolute Gasteiger partial charge is 0.495 e. The van der Waals surface area contributed by atoms with E-state index in [2.05, 4.69) is 15.9 Å². The summed E-state index contributed by atoms with van der Waals surface area (Å²) in [6, 6.07) is 11.1.